The van der Waals surface area contributed by atoms with Crippen LogP contribution in [0.2, 0.25) is 0 Å². The summed E-state index contributed by atoms with van der Waals surface area (Å²) < 4.78 is 8.58. The summed E-state index contributed by atoms with van der Waals surface area (Å²) in [5.41, 5.74) is 2.41. The van der Waals surface area contributed by atoms with E-state index in [1.54, 1.807) is 4.68 Å². The highest BCUT2D eigenvalue weighted by Gasteiger charge is 2.29. The lowest BCUT2D eigenvalue weighted by atomic mass is 10.0. The lowest BCUT2D eigenvalue weighted by molar-refractivity contribution is -0.145. The van der Waals surface area contributed by atoms with Crippen LogP contribution in [0.15, 0.2) is 0 Å². The lowest BCUT2D eigenvalue weighted by Crippen LogP contribution is -2.25. The molecule has 0 radical (unpaired) electrons. The van der Waals surface area contributed by atoms with Gasteiger partial charge in [-0.2, -0.15) is 5.10 Å². The van der Waals surface area contributed by atoms with Crippen LogP contribution in [0.25, 0.3) is 11.2 Å². The van der Waals surface area contributed by atoms with E-state index in [0.29, 0.717) is 18.2 Å². The number of halogens is 1. The van der Waals surface area contributed by atoms with Gasteiger partial charge in [0.1, 0.15) is 17.4 Å². The second-order valence-corrected chi connectivity index (χ2v) is 5.85. The van der Waals surface area contributed by atoms with Gasteiger partial charge in [0.25, 0.3) is 0 Å². The molecule has 2 aromatic heterocycles. The molecule has 7 heteroatoms. The molecule has 6 nitrogen and oxygen atoms in total. The molecule has 0 aliphatic rings. The highest BCUT2D eigenvalue weighted by molar-refractivity contribution is 6.16. The molecular weight excluding hydrogens is 292 g/mol. The Kier molecular flexibility index (Phi) is 4.56. The Labute approximate surface area is 129 Å². The minimum Gasteiger partial charge on any atom is -0.467 e. The predicted molar refractivity (Wildman–Crippen MR) is 81.3 cm³/mol. The molecule has 1 unspecified atom stereocenters. The van der Waals surface area contributed by atoms with Gasteiger partial charge in [-0.25, -0.2) is 9.78 Å². The van der Waals surface area contributed by atoms with Crippen LogP contribution >= 0.6 is 11.6 Å². The van der Waals surface area contributed by atoms with Crippen molar-refractivity contribution in [2.45, 2.75) is 39.1 Å². The molecule has 0 aliphatic carbocycles. The van der Waals surface area contributed by atoms with Crippen molar-refractivity contribution < 1.29 is 9.53 Å². The number of alkyl halides is 1. The fourth-order valence-corrected chi connectivity index (χ4v) is 2.84. The zero-order chi connectivity index (χ0) is 15.7. The first-order chi connectivity index (χ1) is 9.90. The van der Waals surface area contributed by atoms with E-state index in [1.807, 2.05) is 18.5 Å². The number of fused-ring (bicyclic) bond motifs is 1. The predicted octanol–water partition coefficient (Wildman–Crippen LogP) is 2.58. The molecule has 2 rings (SSSR count). The molecule has 0 spiro atoms. The van der Waals surface area contributed by atoms with Crippen LogP contribution < -0.4 is 0 Å². The number of carbonyl (C=O) groups excluding carboxylic acids is 1. The van der Waals surface area contributed by atoms with E-state index < -0.39 is 6.04 Å². The van der Waals surface area contributed by atoms with Crippen LogP contribution in [0, 0.1) is 12.8 Å². The number of hydrogen-bond acceptors (Lipinski definition) is 4. The van der Waals surface area contributed by atoms with Crippen LogP contribution in [0.4, 0.5) is 0 Å². The molecule has 0 bridgehead atoms. The molecule has 0 saturated heterocycles. The molecule has 2 aromatic rings. The Hall–Kier alpha value is -1.56. The molecule has 0 saturated carbocycles. The van der Waals surface area contributed by atoms with Gasteiger partial charge in [-0.15, -0.1) is 11.6 Å². The van der Waals surface area contributed by atoms with E-state index in [0.717, 1.165) is 16.9 Å². The van der Waals surface area contributed by atoms with Crippen LogP contribution in [0.3, 0.4) is 0 Å². The molecule has 0 aliphatic heterocycles. The first kappa shape index (κ1) is 15.8. The Morgan fingerprint density at radius 3 is 2.62 bits per heavy atom. The molecule has 21 heavy (non-hydrogen) atoms. The number of aryl methyl sites for hydroxylation is 2. The molecular formula is C14H21ClN4O2. The maximum atomic E-state index is 12.2. The molecule has 1 atom stereocenters. The normalized spacial score (nSPS) is 13.1. The Morgan fingerprint density at radius 2 is 2.10 bits per heavy atom. The third-order valence-corrected chi connectivity index (χ3v) is 3.75. The highest BCUT2D eigenvalue weighted by Crippen LogP contribution is 2.28. The number of esters is 1. The summed E-state index contributed by atoms with van der Waals surface area (Å²) in [6.07, 6.45) is 0.659. The molecule has 0 fully saturated rings. The number of ether oxygens (including phenoxy) is 1. The number of imidazole rings is 1. The minimum absolute atomic E-state index is 0.236. The van der Waals surface area contributed by atoms with Crippen LogP contribution in [-0.4, -0.2) is 32.4 Å². The number of hydrogen-bond donors (Lipinski definition) is 0. The summed E-state index contributed by atoms with van der Waals surface area (Å²) in [4.78, 5) is 16.8. The lowest BCUT2D eigenvalue weighted by Gasteiger charge is -2.20. The van der Waals surface area contributed by atoms with Crippen molar-refractivity contribution in [2.75, 3.05) is 7.11 Å². The van der Waals surface area contributed by atoms with Crippen LogP contribution in [0.5, 0.6) is 0 Å². The van der Waals surface area contributed by atoms with Gasteiger partial charge in [0.2, 0.25) is 0 Å². The molecule has 2 heterocycles. The molecule has 116 valence electrons. The Balaban J connectivity index is 2.67. The standard InChI is InChI=1S/C14H21ClN4O2/c1-8(2)6-10(14(20)21-5)19-11(7-15)16-12-9(3)17-18(4)13(12)19/h8,10H,6-7H2,1-5H3. The highest BCUT2D eigenvalue weighted by atomic mass is 35.5. The smallest absolute Gasteiger partial charge is 0.328 e. The maximum Gasteiger partial charge on any atom is 0.328 e. The van der Waals surface area contributed by atoms with Crippen molar-refractivity contribution >= 4 is 28.7 Å². The fourth-order valence-electron chi connectivity index (χ4n) is 2.65. The average molecular weight is 313 g/mol. The SMILES string of the molecule is COC(=O)C(CC(C)C)n1c(CCl)nc2c(C)nn(C)c21. The Bertz CT molecular complexity index is 660. The van der Waals surface area contributed by atoms with E-state index in [2.05, 4.69) is 23.9 Å². The van der Waals surface area contributed by atoms with Crippen molar-refractivity contribution in [3.05, 3.63) is 11.5 Å². The summed E-state index contributed by atoms with van der Waals surface area (Å²) in [5.74, 6) is 0.954. The molecule has 0 amide bonds. The monoisotopic (exact) mass is 312 g/mol. The van der Waals surface area contributed by atoms with Gasteiger partial charge in [-0.05, 0) is 19.3 Å². The summed E-state index contributed by atoms with van der Waals surface area (Å²) >= 11 is 6.03. The van der Waals surface area contributed by atoms with Crippen LogP contribution in [-0.2, 0) is 22.5 Å². The fraction of sp³-hybridized carbons (Fsp3) is 0.643. The zero-order valence-corrected chi connectivity index (χ0v) is 13.8. The second kappa shape index (κ2) is 6.05. The van der Waals surface area contributed by atoms with Gasteiger partial charge < -0.3 is 4.74 Å². The first-order valence-corrected chi connectivity index (χ1v) is 7.48. The van der Waals surface area contributed by atoms with Crippen molar-refractivity contribution in [1.82, 2.24) is 19.3 Å². The van der Waals surface area contributed by atoms with Crippen molar-refractivity contribution in [3.8, 4) is 0 Å². The average Bonchev–Trinajstić information content (AvgIpc) is 2.94. The summed E-state index contributed by atoms with van der Waals surface area (Å²) in [6, 6.07) is -0.441. The number of nitrogens with zero attached hydrogens (tertiary/aromatic N) is 4. The van der Waals surface area contributed by atoms with E-state index >= 15 is 0 Å². The number of aromatic nitrogens is 4. The van der Waals surface area contributed by atoms with Gasteiger partial charge in [0, 0.05) is 7.05 Å². The zero-order valence-electron chi connectivity index (χ0n) is 13.1. The largest absolute Gasteiger partial charge is 0.467 e. The quantitative estimate of drug-likeness (QED) is 0.629. The van der Waals surface area contributed by atoms with Gasteiger partial charge in [0.15, 0.2) is 5.65 Å². The van der Waals surface area contributed by atoms with Gasteiger partial charge in [0.05, 0.1) is 18.7 Å². The van der Waals surface area contributed by atoms with Gasteiger partial charge >= 0.3 is 5.97 Å². The number of carbonyl (C=O) groups is 1. The first-order valence-electron chi connectivity index (χ1n) is 6.94. The van der Waals surface area contributed by atoms with E-state index in [-0.39, 0.29) is 11.8 Å². The summed E-state index contributed by atoms with van der Waals surface area (Å²) in [5, 5.41) is 4.37. The maximum absolute atomic E-state index is 12.2. The molecule has 0 N–H and O–H groups in total. The Morgan fingerprint density at radius 1 is 1.43 bits per heavy atom. The van der Waals surface area contributed by atoms with Crippen molar-refractivity contribution in [1.29, 1.82) is 0 Å². The van der Waals surface area contributed by atoms with E-state index in [4.69, 9.17) is 16.3 Å². The van der Waals surface area contributed by atoms with Crippen molar-refractivity contribution in [3.63, 3.8) is 0 Å². The summed E-state index contributed by atoms with van der Waals surface area (Å²) in [6.45, 7) is 6.03. The number of methoxy groups -OCH3 is 1. The third kappa shape index (κ3) is 2.77. The van der Waals surface area contributed by atoms with Crippen molar-refractivity contribution in [2.24, 2.45) is 13.0 Å². The molecule has 0 aromatic carbocycles. The topological polar surface area (TPSA) is 61.9 Å². The number of rotatable bonds is 5. The van der Waals surface area contributed by atoms with Gasteiger partial charge in [-0.3, -0.25) is 9.25 Å². The third-order valence-electron chi connectivity index (χ3n) is 3.51. The van der Waals surface area contributed by atoms with E-state index in [1.165, 1.54) is 7.11 Å². The second-order valence-electron chi connectivity index (χ2n) is 5.58. The summed E-state index contributed by atoms with van der Waals surface area (Å²) in [7, 11) is 3.24. The van der Waals surface area contributed by atoms with E-state index in [9.17, 15) is 4.79 Å². The minimum atomic E-state index is -0.441. The van der Waals surface area contributed by atoms with Gasteiger partial charge in [-0.1, -0.05) is 13.8 Å². The van der Waals surface area contributed by atoms with Crippen LogP contribution in [0.1, 0.15) is 37.8 Å².